The van der Waals surface area contributed by atoms with E-state index in [4.69, 9.17) is 9.97 Å². The van der Waals surface area contributed by atoms with E-state index in [1.807, 2.05) is 0 Å². The van der Waals surface area contributed by atoms with Crippen molar-refractivity contribution in [2.24, 2.45) is 0 Å². The first-order valence-electron chi connectivity index (χ1n) is 44.0. The zero-order valence-electron chi connectivity index (χ0n) is 72.5. The lowest BCUT2D eigenvalue weighted by atomic mass is 9.49. The number of hydrogen-bond donors (Lipinski definition) is 2. The predicted octanol–water partition coefficient (Wildman–Crippen LogP) is 17.4. The fourth-order valence-corrected chi connectivity index (χ4v) is 19.6. The maximum atomic E-state index is 5.52. The maximum Gasteiger partial charge on any atom is 0.553 e. The number of hydrogen-bond acceptors (Lipinski definition) is 2. The quantitative estimate of drug-likeness (QED) is 0.0747. The highest BCUT2D eigenvalue weighted by Gasteiger charge is 2.73. The van der Waals surface area contributed by atoms with Gasteiger partial charge in [0.15, 0.2) is 53.7 Å². The highest BCUT2D eigenvalue weighted by Crippen LogP contribution is 2.53. The molecule has 0 fully saturated rings. The summed E-state index contributed by atoms with van der Waals surface area (Å²) >= 11 is 0. The standard InChI is InChI=1S/C53H48B4N4.C52H50B4N4/c1-54(2)37-17-9-33(10-18-37)49-41-25-27-43-50(34-11-19-38(20-12-34)55(3)4)45-29-31-47-52(36-15-23-40(24-16-36)57(7)8)48-32-30-46-51(35-13-21-39(22-14-35)56(5)6)44-28-26-42(49)59(44)53(58(41)43,60(45)47)61(46)48;1-53(2)37-17-9-33(10-18-37)49-41-25-27-43(57-41)50(34-11-19-38(20-12-34)54(3)4)45-29-31-47(59-45)52(36-15-23-40(24-16-36)56(7)8)48-32-30-46(60-48)51(44-28-26-42(49)58-44)35-13-21-39(22-14-35)55(5)6/h9-32H,1-8H3;9-32,57,60H,1-8H3/q+2;. The molecular formula is C105H98B8N8+2. The van der Waals surface area contributed by atoms with Crippen molar-refractivity contribution in [2.75, 3.05) is 0 Å². The molecule has 8 aliphatic heterocycles. The molecule has 5 aromatic heterocycles. The zero-order chi connectivity index (χ0) is 83.3. The van der Waals surface area contributed by atoms with Crippen molar-refractivity contribution in [3.05, 3.63) is 345 Å². The van der Waals surface area contributed by atoms with Gasteiger partial charge in [-0.2, -0.15) is 9.13 Å². The molecule has 0 amide bonds. The summed E-state index contributed by atoms with van der Waals surface area (Å²) in [5.41, 5.74) is 44.4. The van der Waals surface area contributed by atoms with Gasteiger partial charge >= 0.3 is 5.91 Å². The van der Waals surface area contributed by atoms with E-state index in [-0.39, 0.29) is 0 Å². The van der Waals surface area contributed by atoms with Gasteiger partial charge in [0.2, 0.25) is 22.8 Å². The van der Waals surface area contributed by atoms with E-state index >= 15 is 0 Å². The SMILES string of the molecule is CB(C)c1ccc(-c2c3nc(c(-c4ccc(B(C)C)cc4)c4ccc([nH]4)c(-c4ccc(B(C)C)cc4)c4nc(c(-c5ccc(B(C)C)cc5)c5ccc2[nH]5)C=C4)C=C3)cc1.CB(C)c1ccc(C2=C3C=CC4=[N+]3C35n6c2ccc6C(c2ccc(B(C)C)cc2)=C2C=CC(=[N+]23)C(c2ccc(B(C)C)cc2)=c2ccc(n25)=C4c2ccc(B(C)C)cc2)cc1. The van der Waals surface area contributed by atoms with Gasteiger partial charge in [0, 0.05) is 68.6 Å². The summed E-state index contributed by atoms with van der Waals surface area (Å²) in [6.45, 7) is 39.7. The Bertz CT molecular complexity index is 6440. The van der Waals surface area contributed by atoms with Crippen molar-refractivity contribution < 1.29 is 9.15 Å². The molecule has 0 atom stereocenters. The van der Waals surface area contributed by atoms with E-state index in [0.29, 0.717) is 53.7 Å². The average molecular weight is 1560 g/mol. The third-order valence-corrected chi connectivity index (χ3v) is 26.5. The minimum Gasteiger partial charge on any atom is -0.354 e. The summed E-state index contributed by atoms with van der Waals surface area (Å²) in [6.07, 6.45) is 18.3. The third kappa shape index (κ3) is 12.6. The largest absolute Gasteiger partial charge is 0.553 e. The molecule has 1 spiro atoms. The number of benzene rings is 8. The number of aromatic nitrogens is 6. The Hall–Kier alpha value is -12.5. The molecule has 21 rings (SSSR count). The summed E-state index contributed by atoms with van der Waals surface area (Å²) in [5, 5.41) is 2.46. The van der Waals surface area contributed by atoms with Crippen molar-refractivity contribution in [3.63, 3.8) is 0 Å². The van der Waals surface area contributed by atoms with E-state index in [1.54, 1.807) is 0 Å². The monoisotopic (exact) mass is 1560 g/mol. The molecule has 0 saturated heterocycles. The van der Waals surface area contributed by atoms with Gasteiger partial charge in [0.05, 0.1) is 67.2 Å². The molecule has 0 saturated carbocycles. The Labute approximate surface area is 715 Å². The summed E-state index contributed by atoms with van der Waals surface area (Å²) in [6, 6.07) is 91.9. The number of rotatable bonds is 16. The van der Waals surface area contributed by atoms with Crippen LogP contribution in [-0.2, 0) is 5.91 Å². The first-order valence-corrected chi connectivity index (χ1v) is 44.0. The first kappa shape index (κ1) is 77.1. The number of H-pyrrole nitrogens is 2. The van der Waals surface area contributed by atoms with Crippen LogP contribution in [0.2, 0.25) is 109 Å². The van der Waals surface area contributed by atoms with Crippen molar-refractivity contribution >= 4 is 177 Å². The zero-order valence-corrected chi connectivity index (χ0v) is 72.5. The van der Waals surface area contributed by atoms with Gasteiger partial charge in [-0.05, 0) is 117 Å². The Morgan fingerprint density at radius 3 is 0.686 bits per heavy atom. The first-order chi connectivity index (χ1) is 58.6. The second-order valence-electron chi connectivity index (χ2n) is 36.6. The van der Waals surface area contributed by atoms with Crippen LogP contribution in [0.3, 0.4) is 0 Å². The van der Waals surface area contributed by atoms with Crippen molar-refractivity contribution in [1.29, 1.82) is 0 Å². The molecule has 121 heavy (non-hydrogen) atoms. The molecule has 16 heteroatoms. The molecule has 13 heterocycles. The summed E-state index contributed by atoms with van der Waals surface area (Å²) in [7, 11) is 0. The molecule has 8 aliphatic rings. The lowest BCUT2D eigenvalue weighted by Gasteiger charge is -2.41. The van der Waals surface area contributed by atoms with Crippen LogP contribution in [0.15, 0.2) is 278 Å². The number of aromatic amines is 2. The predicted molar refractivity (Wildman–Crippen MR) is 531 cm³/mol. The third-order valence-electron chi connectivity index (χ3n) is 26.5. The number of nitrogens with zero attached hydrogens (tertiary/aromatic N) is 6. The fourth-order valence-electron chi connectivity index (χ4n) is 19.6. The molecular weight excluding hydrogens is 1460 g/mol. The smallest absolute Gasteiger partial charge is 0.354 e. The Morgan fingerprint density at radius 1 is 0.231 bits per heavy atom. The van der Waals surface area contributed by atoms with Crippen LogP contribution in [0, 0.1) is 0 Å². The van der Waals surface area contributed by atoms with Crippen LogP contribution in [0.25, 0.3) is 113 Å². The average Bonchev–Trinajstić information content (AvgIpc) is 1.49. The van der Waals surface area contributed by atoms with Crippen LogP contribution in [0.4, 0.5) is 0 Å². The minimum absolute atomic E-state index is 0.435. The molecule has 8 nitrogen and oxygen atoms in total. The Balaban J connectivity index is 0.000000154. The van der Waals surface area contributed by atoms with Crippen molar-refractivity contribution in [2.45, 2.75) is 115 Å². The van der Waals surface area contributed by atoms with Crippen LogP contribution < -0.4 is 54.4 Å². The topological polar surface area (TPSA) is 73.2 Å². The Kier molecular flexibility index (Phi) is 19.1. The van der Waals surface area contributed by atoms with Gasteiger partial charge in [-0.3, -0.25) is 0 Å². The molecule has 13 aromatic rings. The summed E-state index contributed by atoms with van der Waals surface area (Å²) in [4.78, 5) is 18.9. The van der Waals surface area contributed by atoms with Crippen LogP contribution >= 0.6 is 0 Å². The number of fused-ring (bicyclic) bond motifs is 8. The lowest BCUT2D eigenvalue weighted by molar-refractivity contribution is -0.834. The van der Waals surface area contributed by atoms with Gasteiger partial charge in [0.1, 0.15) is 0 Å². The number of allylic oxidation sites excluding steroid dienone is 4. The van der Waals surface area contributed by atoms with Crippen LogP contribution in [0.1, 0.15) is 56.4 Å². The molecule has 0 radical (unpaired) electrons. The summed E-state index contributed by atoms with van der Waals surface area (Å²) in [5.74, 6) is -0.795. The highest BCUT2D eigenvalue weighted by molar-refractivity contribution is 6.73. The second-order valence-corrected chi connectivity index (χ2v) is 36.6. The van der Waals surface area contributed by atoms with Gasteiger partial charge in [-0.15, -0.1) is 0 Å². The van der Waals surface area contributed by atoms with Gasteiger partial charge in [-0.1, -0.05) is 356 Å². The maximum absolute atomic E-state index is 5.52. The number of nitrogens with one attached hydrogen (secondary N) is 2. The molecule has 8 bridgehead atoms. The van der Waals surface area contributed by atoms with Gasteiger partial charge < -0.3 is 9.97 Å². The minimum atomic E-state index is -0.795. The molecule has 8 aromatic carbocycles. The van der Waals surface area contributed by atoms with Gasteiger partial charge in [-0.25, -0.2) is 9.97 Å². The van der Waals surface area contributed by atoms with Gasteiger partial charge in [0.25, 0.3) is 0 Å². The van der Waals surface area contributed by atoms with E-state index < -0.39 is 5.91 Å². The molecule has 580 valence electrons. The molecule has 0 unspecified atom stereocenters. The normalized spacial score (nSPS) is 14.4. The van der Waals surface area contributed by atoms with E-state index in [1.165, 1.54) is 133 Å². The highest BCUT2D eigenvalue weighted by atomic mass is 15.6. The molecule has 0 aliphatic carbocycles. The summed E-state index contributed by atoms with van der Waals surface area (Å²) < 4.78 is 10.8. The Morgan fingerprint density at radius 2 is 0.455 bits per heavy atom. The van der Waals surface area contributed by atoms with Crippen molar-refractivity contribution in [1.82, 2.24) is 29.1 Å². The van der Waals surface area contributed by atoms with Crippen LogP contribution in [-0.4, -0.2) is 103 Å². The van der Waals surface area contributed by atoms with E-state index in [2.05, 4.69) is 429 Å². The second kappa shape index (κ2) is 30.0. The fraction of sp³-hybridized carbons (Fsp3) is 0.162. The van der Waals surface area contributed by atoms with Crippen molar-refractivity contribution in [3.8, 4) is 44.5 Å². The van der Waals surface area contributed by atoms with E-state index in [9.17, 15) is 0 Å². The molecule has 2 N–H and O–H groups in total. The van der Waals surface area contributed by atoms with Crippen LogP contribution in [0.5, 0.6) is 0 Å². The lowest BCUT2D eigenvalue weighted by Crippen LogP contribution is -2.71. The van der Waals surface area contributed by atoms with E-state index in [0.717, 1.165) is 89.4 Å².